The Bertz CT molecular complexity index is 1230. The minimum Gasteiger partial charge on any atom is -0.351 e. The second-order valence-corrected chi connectivity index (χ2v) is 11.8. The van der Waals surface area contributed by atoms with E-state index in [1.807, 2.05) is 42.9 Å². The van der Waals surface area contributed by atoms with Gasteiger partial charge < -0.3 is 15.2 Å². The van der Waals surface area contributed by atoms with E-state index < -0.39 is 21.9 Å². The third-order valence-electron chi connectivity index (χ3n) is 5.37. The molecule has 2 amide bonds. The maximum Gasteiger partial charge on any atom is 0.251 e. The number of benzene rings is 1. The summed E-state index contributed by atoms with van der Waals surface area (Å²) in [7, 11) is -3.10. The Morgan fingerprint density at radius 1 is 1.25 bits per heavy atom. The number of sulfone groups is 1. The normalized spacial score (nSPS) is 18.7. The lowest BCUT2D eigenvalue weighted by atomic mass is 10.0. The molecule has 3 aromatic rings. The van der Waals surface area contributed by atoms with Crippen LogP contribution in [0.15, 0.2) is 42.7 Å². The summed E-state index contributed by atoms with van der Waals surface area (Å²) in [5.74, 6) is -0.483. The Labute approximate surface area is 191 Å². The molecule has 0 aliphatic carbocycles. The lowest BCUT2D eigenvalue weighted by molar-refractivity contribution is -0.123. The van der Waals surface area contributed by atoms with Gasteiger partial charge in [-0.05, 0) is 49.1 Å². The maximum absolute atomic E-state index is 13.0. The van der Waals surface area contributed by atoms with Crippen LogP contribution >= 0.6 is 11.3 Å². The zero-order chi connectivity index (χ0) is 22.9. The topological polar surface area (TPSA) is 110 Å². The highest BCUT2D eigenvalue weighted by molar-refractivity contribution is 7.91. The first-order chi connectivity index (χ1) is 15.2. The van der Waals surface area contributed by atoms with Crippen LogP contribution in [0.3, 0.4) is 0 Å². The highest BCUT2D eigenvalue weighted by Gasteiger charge is 2.31. The first kappa shape index (κ1) is 22.5. The van der Waals surface area contributed by atoms with Crippen LogP contribution < -0.4 is 10.6 Å². The molecule has 4 rings (SSSR count). The number of aromatic nitrogens is 2. The summed E-state index contributed by atoms with van der Waals surface area (Å²) in [6, 6.07) is 7.98. The van der Waals surface area contributed by atoms with Crippen molar-refractivity contribution in [2.24, 2.45) is 5.92 Å². The average molecular weight is 475 g/mol. The molecule has 0 spiro atoms. The minimum absolute atomic E-state index is 0.0488. The van der Waals surface area contributed by atoms with Crippen molar-refractivity contribution in [3.8, 4) is 5.13 Å². The van der Waals surface area contributed by atoms with Gasteiger partial charge in [0.15, 0.2) is 15.0 Å². The minimum atomic E-state index is -3.10. The lowest BCUT2D eigenvalue weighted by Crippen LogP contribution is -2.50. The molecular weight excluding hydrogens is 448 g/mol. The summed E-state index contributed by atoms with van der Waals surface area (Å²) in [4.78, 5) is 30.4. The van der Waals surface area contributed by atoms with E-state index in [1.165, 1.54) is 11.3 Å². The quantitative estimate of drug-likeness (QED) is 0.547. The second-order valence-electron chi connectivity index (χ2n) is 8.53. The number of carbonyl (C=O) groups is 2. The van der Waals surface area contributed by atoms with Gasteiger partial charge in [0.25, 0.3) is 5.91 Å². The average Bonchev–Trinajstić information content (AvgIpc) is 3.45. The standard InChI is InChI=1S/C22H26N4O4S2/c1-14(2)11-18(21(28)23-16-7-10-32(29,30)13-16)24-20(27)15-5-6-17-19(12-15)31-22(25-17)26-8-3-4-9-26/h3-6,8-9,12,14,16,18H,7,10-11,13H2,1-2H3,(H,23,28)(H,24,27)/t16?,18-/m0/s1. The molecule has 8 nitrogen and oxygen atoms in total. The Hall–Kier alpha value is -2.72. The predicted molar refractivity (Wildman–Crippen MR) is 125 cm³/mol. The Kier molecular flexibility index (Phi) is 6.34. The van der Waals surface area contributed by atoms with Crippen LogP contribution in [-0.4, -0.2) is 53.4 Å². The van der Waals surface area contributed by atoms with Crippen molar-refractivity contribution in [1.29, 1.82) is 0 Å². The summed E-state index contributed by atoms with van der Waals surface area (Å²) in [5, 5.41) is 6.45. The predicted octanol–water partition coefficient (Wildman–Crippen LogP) is 2.53. The van der Waals surface area contributed by atoms with Crippen molar-refractivity contribution in [2.45, 2.75) is 38.8 Å². The Balaban J connectivity index is 1.48. The van der Waals surface area contributed by atoms with E-state index in [0.717, 1.165) is 15.3 Å². The molecule has 32 heavy (non-hydrogen) atoms. The number of hydrogen-bond donors (Lipinski definition) is 2. The van der Waals surface area contributed by atoms with Gasteiger partial charge in [-0.25, -0.2) is 13.4 Å². The summed E-state index contributed by atoms with van der Waals surface area (Å²) < 4.78 is 26.2. The number of carbonyl (C=O) groups excluding carboxylic acids is 2. The van der Waals surface area contributed by atoms with Gasteiger partial charge in [0.1, 0.15) is 6.04 Å². The number of rotatable bonds is 7. The molecule has 2 aromatic heterocycles. The van der Waals surface area contributed by atoms with Crippen molar-refractivity contribution in [3.63, 3.8) is 0 Å². The van der Waals surface area contributed by atoms with Crippen molar-refractivity contribution in [1.82, 2.24) is 20.2 Å². The van der Waals surface area contributed by atoms with Gasteiger partial charge >= 0.3 is 0 Å². The van der Waals surface area contributed by atoms with Crippen molar-refractivity contribution >= 4 is 43.2 Å². The van der Waals surface area contributed by atoms with E-state index >= 15 is 0 Å². The van der Waals surface area contributed by atoms with Crippen LogP contribution in [0.1, 0.15) is 37.0 Å². The SMILES string of the molecule is CC(C)C[C@H](NC(=O)c1ccc2nc(-n3cccc3)sc2c1)C(=O)NC1CCS(=O)(=O)C1. The zero-order valence-corrected chi connectivity index (χ0v) is 19.6. The number of thiazole rings is 1. The Morgan fingerprint density at radius 3 is 2.66 bits per heavy atom. The molecule has 1 aromatic carbocycles. The third-order valence-corrected chi connectivity index (χ3v) is 8.17. The van der Waals surface area contributed by atoms with E-state index in [2.05, 4.69) is 15.6 Å². The van der Waals surface area contributed by atoms with Crippen molar-refractivity contribution in [2.75, 3.05) is 11.5 Å². The molecule has 1 saturated heterocycles. The first-order valence-electron chi connectivity index (χ1n) is 10.6. The molecular formula is C22H26N4O4S2. The van der Waals surface area contributed by atoms with Gasteiger partial charge in [-0.1, -0.05) is 25.2 Å². The molecule has 0 bridgehead atoms. The first-order valence-corrected chi connectivity index (χ1v) is 13.2. The molecule has 170 valence electrons. The van der Waals surface area contributed by atoms with Gasteiger partial charge in [0.05, 0.1) is 21.7 Å². The molecule has 2 N–H and O–H groups in total. The smallest absolute Gasteiger partial charge is 0.251 e. The summed E-state index contributed by atoms with van der Waals surface area (Å²) >= 11 is 1.48. The molecule has 10 heteroatoms. The highest BCUT2D eigenvalue weighted by atomic mass is 32.2. The van der Waals surface area contributed by atoms with E-state index in [-0.39, 0.29) is 29.2 Å². The van der Waals surface area contributed by atoms with Crippen LogP contribution in [0.5, 0.6) is 0 Å². The number of nitrogens with one attached hydrogen (secondary N) is 2. The molecule has 1 fully saturated rings. The monoisotopic (exact) mass is 474 g/mol. The number of amides is 2. The maximum atomic E-state index is 13.0. The fourth-order valence-corrected chi connectivity index (χ4v) is 6.43. The van der Waals surface area contributed by atoms with Crippen molar-refractivity contribution in [3.05, 3.63) is 48.3 Å². The molecule has 1 unspecified atom stereocenters. The number of fused-ring (bicyclic) bond motifs is 1. The van der Waals surface area contributed by atoms with E-state index in [1.54, 1.807) is 18.2 Å². The van der Waals surface area contributed by atoms with Gasteiger partial charge in [-0.15, -0.1) is 0 Å². The Morgan fingerprint density at radius 2 is 2.00 bits per heavy atom. The summed E-state index contributed by atoms with van der Waals surface area (Å²) in [6.45, 7) is 3.94. The van der Waals surface area contributed by atoms with E-state index in [4.69, 9.17) is 0 Å². The molecule has 0 saturated carbocycles. The van der Waals surface area contributed by atoms with Gasteiger partial charge in [-0.2, -0.15) is 0 Å². The lowest BCUT2D eigenvalue weighted by Gasteiger charge is -2.22. The van der Waals surface area contributed by atoms with Gasteiger partial charge in [0, 0.05) is 24.0 Å². The largest absolute Gasteiger partial charge is 0.351 e. The summed E-state index contributed by atoms with van der Waals surface area (Å²) in [6.07, 6.45) is 4.69. The van der Waals surface area contributed by atoms with Crippen LogP contribution in [0.25, 0.3) is 15.3 Å². The highest BCUT2D eigenvalue weighted by Crippen LogP contribution is 2.26. The fourth-order valence-electron chi connectivity index (χ4n) is 3.78. The molecule has 1 aliphatic heterocycles. The van der Waals surface area contributed by atoms with E-state index in [0.29, 0.717) is 18.4 Å². The van der Waals surface area contributed by atoms with E-state index in [9.17, 15) is 18.0 Å². The van der Waals surface area contributed by atoms with Crippen molar-refractivity contribution < 1.29 is 18.0 Å². The van der Waals surface area contributed by atoms with Gasteiger partial charge in [-0.3, -0.25) is 9.59 Å². The fraction of sp³-hybridized carbons (Fsp3) is 0.409. The summed E-state index contributed by atoms with van der Waals surface area (Å²) in [5.41, 5.74) is 1.25. The van der Waals surface area contributed by atoms with Crippen LogP contribution in [0, 0.1) is 5.92 Å². The van der Waals surface area contributed by atoms with Crippen LogP contribution in [0.4, 0.5) is 0 Å². The van der Waals surface area contributed by atoms with Crippen LogP contribution in [0.2, 0.25) is 0 Å². The second kappa shape index (κ2) is 9.03. The number of hydrogen-bond acceptors (Lipinski definition) is 6. The van der Waals surface area contributed by atoms with Gasteiger partial charge in [0.2, 0.25) is 5.91 Å². The number of nitrogens with zero attached hydrogens (tertiary/aromatic N) is 2. The molecule has 0 radical (unpaired) electrons. The molecule has 3 heterocycles. The third kappa shape index (κ3) is 5.18. The zero-order valence-electron chi connectivity index (χ0n) is 17.9. The molecule has 1 aliphatic rings. The van der Waals surface area contributed by atoms with Crippen LogP contribution in [-0.2, 0) is 14.6 Å². The molecule has 2 atom stereocenters.